The van der Waals surface area contributed by atoms with Crippen LogP contribution < -0.4 is 4.74 Å². The molecule has 3 aromatic rings. The molecule has 1 saturated carbocycles. The van der Waals surface area contributed by atoms with Crippen LogP contribution in [0.1, 0.15) is 82.3 Å². The second-order valence-electron chi connectivity index (χ2n) is 6.73. The van der Waals surface area contributed by atoms with Crippen molar-refractivity contribution in [1.29, 1.82) is 0 Å². The summed E-state index contributed by atoms with van der Waals surface area (Å²) in [6.45, 7) is 13.9. The molecule has 1 atom stereocenters. The topological polar surface area (TPSA) is 52.8 Å². The Labute approximate surface area is 175 Å². The molecule has 4 rings (SSSR count). The van der Waals surface area contributed by atoms with Gasteiger partial charge in [-0.25, -0.2) is 9.97 Å². The van der Waals surface area contributed by atoms with Gasteiger partial charge in [0.2, 0.25) is 5.88 Å². The molecule has 5 nitrogen and oxygen atoms in total. The highest BCUT2D eigenvalue weighted by molar-refractivity contribution is 5.36. The van der Waals surface area contributed by atoms with E-state index in [-0.39, 0.29) is 6.10 Å². The molecule has 1 aliphatic rings. The molecule has 5 heteroatoms. The molecule has 2 aromatic heterocycles. The number of hydrogen-bond acceptors (Lipinski definition) is 4. The van der Waals surface area contributed by atoms with Crippen LogP contribution in [0.4, 0.5) is 0 Å². The van der Waals surface area contributed by atoms with Gasteiger partial charge in [0.1, 0.15) is 11.9 Å². The Balaban J connectivity index is 0.000000707. The normalized spacial score (nSPS) is 13.5. The predicted molar refractivity (Wildman–Crippen MR) is 119 cm³/mol. The van der Waals surface area contributed by atoms with Crippen molar-refractivity contribution in [2.75, 3.05) is 0 Å². The van der Waals surface area contributed by atoms with Gasteiger partial charge in [-0.3, -0.25) is 0 Å². The SMILES string of the molecule is CC.CC.Cc1cc(OC(C)c2ccc(-n3cnc(C4CC4)c3)cc2)nc(C)n1. The molecule has 156 valence electrons. The van der Waals surface area contributed by atoms with Crippen molar-refractivity contribution in [3.8, 4) is 11.6 Å². The molecular formula is C24H34N4O. The Morgan fingerprint density at radius 2 is 1.66 bits per heavy atom. The number of nitrogens with zero attached hydrogens (tertiary/aromatic N) is 4. The summed E-state index contributed by atoms with van der Waals surface area (Å²) in [5, 5.41) is 0. The van der Waals surface area contributed by atoms with Gasteiger partial charge in [-0.15, -0.1) is 0 Å². The van der Waals surface area contributed by atoms with Crippen molar-refractivity contribution < 1.29 is 4.74 Å². The number of ether oxygens (including phenoxy) is 1. The quantitative estimate of drug-likeness (QED) is 0.506. The fourth-order valence-corrected chi connectivity index (χ4v) is 2.98. The maximum absolute atomic E-state index is 5.98. The molecule has 0 saturated heterocycles. The van der Waals surface area contributed by atoms with E-state index in [1.54, 1.807) is 0 Å². The van der Waals surface area contributed by atoms with E-state index in [0.29, 0.717) is 11.8 Å². The van der Waals surface area contributed by atoms with Gasteiger partial charge < -0.3 is 9.30 Å². The van der Waals surface area contributed by atoms with E-state index in [1.807, 2.05) is 60.9 Å². The van der Waals surface area contributed by atoms with Crippen molar-refractivity contribution in [1.82, 2.24) is 19.5 Å². The molecule has 1 aliphatic carbocycles. The number of aromatic nitrogens is 4. The molecule has 0 spiro atoms. The van der Waals surface area contributed by atoms with Gasteiger partial charge in [-0.1, -0.05) is 39.8 Å². The van der Waals surface area contributed by atoms with Gasteiger partial charge >= 0.3 is 0 Å². The van der Waals surface area contributed by atoms with E-state index in [9.17, 15) is 0 Å². The minimum Gasteiger partial charge on any atom is -0.470 e. The monoisotopic (exact) mass is 394 g/mol. The summed E-state index contributed by atoms with van der Waals surface area (Å²) in [5.74, 6) is 2.02. The summed E-state index contributed by atoms with van der Waals surface area (Å²) in [4.78, 5) is 13.1. The number of imidazole rings is 1. The molecular weight excluding hydrogens is 360 g/mol. The Morgan fingerprint density at radius 1 is 1.00 bits per heavy atom. The van der Waals surface area contributed by atoms with E-state index < -0.39 is 0 Å². The van der Waals surface area contributed by atoms with Crippen molar-refractivity contribution >= 4 is 0 Å². The lowest BCUT2D eigenvalue weighted by Crippen LogP contribution is -2.06. The van der Waals surface area contributed by atoms with Crippen LogP contribution in [-0.4, -0.2) is 19.5 Å². The highest BCUT2D eigenvalue weighted by Crippen LogP contribution is 2.39. The van der Waals surface area contributed by atoms with E-state index in [2.05, 4.69) is 50.0 Å². The number of benzene rings is 1. The fraction of sp³-hybridized carbons (Fsp3) is 0.458. The van der Waals surface area contributed by atoms with E-state index >= 15 is 0 Å². The predicted octanol–water partition coefficient (Wildman–Crippen LogP) is 6.35. The van der Waals surface area contributed by atoms with Crippen LogP contribution in [0.15, 0.2) is 42.9 Å². The molecule has 2 heterocycles. The zero-order valence-corrected chi connectivity index (χ0v) is 18.8. The zero-order chi connectivity index (χ0) is 21.4. The summed E-state index contributed by atoms with van der Waals surface area (Å²) >= 11 is 0. The maximum atomic E-state index is 5.98. The van der Waals surface area contributed by atoms with Crippen LogP contribution >= 0.6 is 0 Å². The van der Waals surface area contributed by atoms with Crippen molar-refractivity contribution in [2.24, 2.45) is 0 Å². The van der Waals surface area contributed by atoms with Gasteiger partial charge in [-0.2, -0.15) is 4.98 Å². The average molecular weight is 395 g/mol. The van der Waals surface area contributed by atoms with Crippen LogP contribution in [-0.2, 0) is 0 Å². The third kappa shape index (κ3) is 6.14. The summed E-state index contributed by atoms with van der Waals surface area (Å²) in [7, 11) is 0. The van der Waals surface area contributed by atoms with Gasteiger partial charge in [0.05, 0.1) is 12.0 Å². The standard InChI is InChI=1S/C20H22N4O.2C2H6/c1-13-10-20(23-15(3)22-13)25-14(2)16-6-8-18(9-7-16)24-11-19(21-12-24)17-4-5-17;2*1-2/h6-12,14,17H,4-5H2,1-3H3;2*1-2H3. The minimum atomic E-state index is -0.0763. The van der Waals surface area contributed by atoms with Crippen LogP contribution in [0.2, 0.25) is 0 Å². The van der Waals surface area contributed by atoms with Gasteiger partial charge in [0, 0.05) is 29.6 Å². The Hall–Kier alpha value is -2.69. The molecule has 0 radical (unpaired) electrons. The highest BCUT2D eigenvalue weighted by Gasteiger charge is 2.25. The molecule has 0 bridgehead atoms. The zero-order valence-electron chi connectivity index (χ0n) is 18.8. The van der Waals surface area contributed by atoms with Crippen molar-refractivity contribution in [3.63, 3.8) is 0 Å². The van der Waals surface area contributed by atoms with E-state index in [4.69, 9.17) is 4.74 Å². The molecule has 1 aromatic carbocycles. The largest absolute Gasteiger partial charge is 0.470 e. The first-order valence-corrected chi connectivity index (χ1v) is 10.7. The van der Waals surface area contributed by atoms with E-state index in [0.717, 1.165) is 22.8 Å². The summed E-state index contributed by atoms with van der Waals surface area (Å²) in [5.41, 5.74) is 4.34. The third-order valence-electron chi connectivity index (χ3n) is 4.50. The lowest BCUT2D eigenvalue weighted by Gasteiger charge is -2.15. The van der Waals surface area contributed by atoms with Gasteiger partial charge in [-0.05, 0) is 51.3 Å². The summed E-state index contributed by atoms with van der Waals surface area (Å²) < 4.78 is 8.06. The van der Waals surface area contributed by atoms with Crippen LogP contribution in [0.3, 0.4) is 0 Å². The summed E-state index contributed by atoms with van der Waals surface area (Å²) in [6, 6.07) is 10.3. The minimum absolute atomic E-state index is 0.0763. The Morgan fingerprint density at radius 3 is 2.24 bits per heavy atom. The molecule has 1 fully saturated rings. The molecule has 29 heavy (non-hydrogen) atoms. The Kier molecular flexibility index (Phi) is 8.37. The molecule has 0 amide bonds. The maximum Gasteiger partial charge on any atom is 0.217 e. The second-order valence-corrected chi connectivity index (χ2v) is 6.73. The van der Waals surface area contributed by atoms with Crippen molar-refractivity contribution in [3.05, 3.63) is 65.6 Å². The Bertz CT molecular complexity index is 862. The fourth-order valence-electron chi connectivity index (χ4n) is 2.98. The number of rotatable bonds is 5. The molecule has 1 unspecified atom stereocenters. The highest BCUT2D eigenvalue weighted by atomic mass is 16.5. The number of hydrogen-bond donors (Lipinski definition) is 0. The first-order valence-electron chi connectivity index (χ1n) is 10.7. The van der Waals surface area contributed by atoms with Gasteiger partial charge in [0.25, 0.3) is 0 Å². The molecule has 0 aliphatic heterocycles. The first-order chi connectivity index (χ1) is 14.1. The first kappa shape index (κ1) is 22.6. The van der Waals surface area contributed by atoms with Crippen LogP contribution in [0, 0.1) is 13.8 Å². The van der Waals surface area contributed by atoms with E-state index in [1.165, 1.54) is 18.5 Å². The molecule has 0 N–H and O–H groups in total. The summed E-state index contributed by atoms with van der Waals surface area (Å²) in [6.07, 6.45) is 6.50. The van der Waals surface area contributed by atoms with Crippen LogP contribution in [0.25, 0.3) is 5.69 Å². The average Bonchev–Trinajstić information content (AvgIpc) is 3.47. The van der Waals surface area contributed by atoms with Crippen LogP contribution in [0.5, 0.6) is 5.88 Å². The lowest BCUT2D eigenvalue weighted by atomic mass is 10.1. The second kappa shape index (κ2) is 10.7. The lowest BCUT2D eigenvalue weighted by molar-refractivity contribution is 0.216. The van der Waals surface area contributed by atoms with Gasteiger partial charge in [0.15, 0.2) is 0 Å². The third-order valence-corrected chi connectivity index (χ3v) is 4.50. The van der Waals surface area contributed by atoms with Crippen molar-refractivity contribution in [2.45, 2.75) is 73.3 Å². The smallest absolute Gasteiger partial charge is 0.217 e. The number of aryl methyl sites for hydroxylation is 2.